The number of rotatable bonds is 51. The molecule has 0 rings (SSSR count). The summed E-state index contributed by atoms with van der Waals surface area (Å²) < 4.78 is 22.5. The molecule has 0 N–H and O–H groups in total. The summed E-state index contributed by atoms with van der Waals surface area (Å²) in [5, 5.41) is 11.7. The van der Waals surface area contributed by atoms with Crippen LogP contribution in [0.5, 0.6) is 0 Å². The SMILES string of the molecule is CC/C=C\C/C=C\C/C=C\C/C=C\C/C=C\C/C=C\C/C=C\C/C=C\C/C=C\C/C=C\C/C=C\C/C=C\CCCCC(=O)OC(COC(=O)CCCCCCC/C=C\CCCCC)COC(OCC[N+](C)(C)C)C(=O)[O-]. The molecule has 9 nitrogen and oxygen atoms in total. The van der Waals surface area contributed by atoms with Crippen molar-refractivity contribution in [1.82, 2.24) is 0 Å². The molecule has 2 atom stereocenters. The molecular formula is C67H105NO8. The molecule has 0 aliphatic heterocycles. The van der Waals surface area contributed by atoms with E-state index in [1.165, 1.54) is 19.3 Å². The standard InChI is InChI=1S/C67H105NO8/c1-6-8-10-12-14-16-18-20-21-22-23-24-25-26-27-28-29-30-31-32-33-34-35-36-37-38-39-40-41-42-43-44-45-46-48-50-52-54-56-58-65(70)76-63(62-75-67(66(71)72)73-60-59-68(3,4)5)61-74-64(69)57-55-53-51-49-47-19-17-15-13-11-9-7-2/h8,10,14-17,20-21,23-24,26-27,29-30,32-33,35-36,38-39,41-42,44-45,48,50,63,67H,6-7,9,11-13,18-19,22,25,28,31,34,37,40,43,46-47,49,51-62H2,1-5H3/b10-8-,16-14-,17-15-,21-20-,24-23-,27-26-,30-29-,33-32-,36-35-,39-38-,42-41-,45-44-,50-48-. The number of aliphatic carboxylic acids is 1. The normalized spacial score (nSPS) is 14.0. The fourth-order valence-corrected chi connectivity index (χ4v) is 7.04. The number of esters is 2. The number of likely N-dealkylation sites (N-methyl/N-ethyl adjacent to an activating group) is 1. The second-order valence-corrected chi connectivity index (χ2v) is 19.8. The third-order valence-corrected chi connectivity index (χ3v) is 11.5. The number of ether oxygens (including phenoxy) is 4. The Labute approximate surface area is 464 Å². The van der Waals surface area contributed by atoms with Gasteiger partial charge in [0.25, 0.3) is 0 Å². The molecule has 0 bridgehead atoms. The van der Waals surface area contributed by atoms with Crippen LogP contribution in [0.15, 0.2) is 158 Å². The van der Waals surface area contributed by atoms with Crippen LogP contribution in [0.4, 0.5) is 0 Å². The quantitative estimate of drug-likeness (QED) is 0.0195. The predicted molar refractivity (Wildman–Crippen MR) is 319 cm³/mol. The number of allylic oxidation sites excluding steroid dienone is 26. The van der Waals surface area contributed by atoms with E-state index in [1.807, 2.05) is 21.1 Å². The largest absolute Gasteiger partial charge is 0.545 e. The fourth-order valence-electron chi connectivity index (χ4n) is 7.04. The number of nitrogens with zero attached hydrogens (tertiary/aromatic N) is 1. The number of carboxylic acid groups (broad SMARTS) is 1. The molecule has 426 valence electrons. The molecule has 0 amide bonds. The van der Waals surface area contributed by atoms with Crippen LogP contribution >= 0.6 is 0 Å². The molecule has 0 aliphatic rings. The number of hydrogen-bond donors (Lipinski definition) is 0. The monoisotopic (exact) mass is 1050 g/mol. The molecule has 0 saturated carbocycles. The molecule has 0 aromatic carbocycles. The van der Waals surface area contributed by atoms with Gasteiger partial charge in [-0.2, -0.15) is 0 Å². The van der Waals surface area contributed by atoms with Crippen LogP contribution in [0, 0.1) is 0 Å². The highest BCUT2D eigenvalue weighted by Crippen LogP contribution is 2.12. The molecule has 0 heterocycles. The lowest BCUT2D eigenvalue weighted by atomic mass is 10.1. The van der Waals surface area contributed by atoms with E-state index in [1.54, 1.807) is 0 Å². The van der Waals surface area contributed by atoms with Crippen LogP contribution in [-0.2, 0) is 33.3 Å². The van der Waals surface area contributed by atoms with E-state index < -0.39 is 24.3 Å². The third-order valence-electron chi connectivity index (χ3n) is 11.5. The summed E-state index contributed by atoms with van der Waals surface area (Å²) in [6.07, 6.45) is 80.3. The van der Waals surface area contributed by atoms with Crippen molar-refractivity contribution in [3.8, 4) is 0 Å². The Kier molecular flexibility index (Phi) is 52.4. The van der Waals surface area contributed by atoms with Gasteiger partial charge < -0.3 is 33.3 Å². The van der Waals surface area contributed by atoms with E-state index in [2.05, 4.69) is 172 Å². The number of unbranched alkanes of at least 4 members (excludes halogenated alkanes) is 10. The maximum atomic E-state index is 12.8. The number of carboxylic acids is 1. The summed E-state index contributed by atoms with van der Waals surface area (Å²) in [5.41, 5.74) is 0. The summed E-state index contributed by atoms with van der Waals surface area (Å²) in [6.45, 7) is 4.50. The van der Waals surface area contributed by atoms with Crippen molar-refractivity contribution < 1.29 is 42.9 Å². The van der Waals surface area contributed by atoms with E-state index >= 15 is 0 Å². The minimum atomic E-state index is -1.64. The fraction of sp³-hybridized carbons (Fsp3) is 0.567. The lowest BCUT2D eigenvalue weighted by Crippen LogP contribution is -2.44. The molecule has 9 heteroatoms. The van der Waals surface area contributed by atoms with E-state index in [0.717, 1.165) is 128 Å². The van der Waals surface area contributed by atoms with Crippen LogP contribution in [0.2, 0.25) is 0 Å². The third kappa shape index (κ3) is 56.6. The summed E-state index contributed by atoms with van der Waals surface area (Å²) in [5.74, 6) is -2.38. The van der Waals surface area contributed by atoms with Crippen molar-refractivity contribution in [3.05, 3.63) is 158 Å². The van der Waals surface area contributed by atoms with Gasteiger partial charge >= 0.3 is 11.9 Å². The van der Waals surface area contributed by atoms with Gasteiger partial charge in [-0.15, -0.1) is 0 Å². The van der Waals surface area contributed by atoms with Crippen LogP contribution in [0.25, 0.3) is 0 Å². The van der Waals surface area contributed by atoms with Crippen molar-refractivity contribution in [3.63, 3.8) is 0 Å². The van der Waals surface area contributed by atoms with E-state index in [0.29, 0.717) is 23.9 Å². The van der Waals surface area contributed by atoms with Crippen LogP contribution in [0.1, 0.15) is 187 Å². The van der Waals surface area contributed by atoms with E-state index in [-0.39, 0.29) is 38.6 Å². The Morgan fingerprint density at radius 2 is 0.750 bits per heavy atom. The van der Waals surface area contributed by atoms with Gasteiger partial charge in [0.1, 0.15) is 13.2 Å². The smallest absolute Gasteiger partial charge is 0.306 e. The Hall–Kier alpha value is -5.09. The van der Waals surface area contributed by atoms with Crippen LogP contribution in [0.3, 0.4) is 0 Å². The summed E-state index contributed by atoms with van der Waals surface area (Å²) in [7, 11) is 5.88. The number of hydrogen-bond acceptors (Lipinski definition) is 8. The Balaban J connectivity index is 4.29. The van der Waals surface area contributed by atoms with Gasteiger partial charge in [-0.1, -0.05) is 204 Å². The molecule has 0 saturated heterocycles. The predicted octanol–water partition coefficient (Wildman–Crippen LogP) is 16.1. The molecule has 0 spiro atoms. The summed E-state index contributed by atoms with van der Waals surface area (Å²) in [6, 6.07) is 0. The number of carbonyl (C=O) groups is 3. The van der Waals surface area contributed by atoms with Gasteiger partial charge in [-0.25, -0.2) is 0 Å². The molecule has 0 fully saturated rings. The van der Waals surface area contributed by atoms with Gasteiger partial charge in [-0.3, -0.25) is 9.59 Å². The first kappa shape index (κ1) is 70.9. The second kappa shape index (κ2) is 56.1. The Morgan fingerprint density at radius 1 is 0.408 bits per heavy atom. The van der Waals surface area contributed by atoms with Crippen molar-refractivity contribution in [2.24, 2.45) is 0 Å². The molecule has 0 aromatic rings. The molecule has 0 aromatic heterocycles. The first-order chi connectivity index (χ1) is 37.1. The average Bonchev–Trinajstić information content (AvgIpc) is 3.39. The Morgan fingerprint density at radius 3 is 1.16 bits per heavy atom. The molecular weight excluding hydrogens is 947 g/mol. The summed E-state index contributed by atoms with van der Waals surface area (Å²) in [4.78, 5) is 37.1. The Bertz CT molecular complexity index is 1800. The molecule has 0 aliphatic carbocycles. The zero-order chi connectivity index (χ0) is 55.5. The van der Waals surface area contributed by atoms with Gasteiger partial charge in [0, 0.05) is 12.8 Å². The molecule has 76 heavy (non-hydrogen) atoms. The second-order valence-electron chi connectivity index (χ2n) is 19.8. The minimum absolute atomic E-state index is 0.129. The maximum Gasteiger partial charge on any atom is 0.306 e. The topological polar surface area (TPSA) is 111 Å². The highest BCUT2D eigenvalue weighted by atomic mass is 16.7. The van der Waals surface area contributed by atoms with Crippen LogP contribution < -0.4 is 5.11 Å². The average molecular weight is 1050 g/mol. The summed E-state index contributed by atoms with van der Waals surface area (Å²) >= 11 is 0. The van der Waals surface area contributed by atoms with Crippen molar-refractivity contribution in [1.29, 1.82) is 0 Å². The number of quaternary nitrogens is 1. The van der Waals surface area contributed by atoms with Gasteiger partial charge in [0.15, 0.2) is 12.4 Å². The van der Waals surface area contributed by atoms with Crippen molar-refractivity contribution in [2.75, 3.05) is 47.5 Å². The molecule has 0 radical (unpaired) electrons. The van der Waals surface area contributed by atoms with Crippen LogP contribution in [-0.4, -0.2) is 82.3 Å². The first-order valence-corrected chi connectivity index (χ1v) is 29.1. The minimum Gasteiger partial charge on any atom is -0.545 e. The van der Waals surface area contributed by atoms with Crippen molar-refractivity contribution >= 4 is 17.9 Å². The van der Waals surface area contributed by atoms with Gasteiger partial charge in [0.05, 0.1) is 40.3 Å². The highest BCUT2D eigenvalue weighted by molar-refractivity contribution is 5.70. The lowest BCUT2D eigenvalue weighted by molar-refractivity contribution is -0.870. The van der Waals surface area contributed by atoms with Crippen molar-refractivity contribution in [2.45, 2.75) is 200 Å². The first-order valence-electron chi connectivity index (χ1n) is 29.1. The zero-order valence-electron chi connectivity index (χ0n) is 48.3. The van der Waals surface area contributed by atoms with E-state index in [9.17, 15) is 19.5 Å². The van der Waals surface area contributed by atoms with E-state index in [4.69, 9.17) is 18.9 Å². The molecule has 2 unspecified atom stereocenters. The maximum absolute atomic E-state index is 12.8. The van der Waals surface area contributed by atoms with Gasteiger partial charge in [0.2, 0.25) is 0 Å². The zero-order valence-corrected chi connectivity index (χ0v) is 48.3. The highest BCUT2D eigenvalue weighted by Gasteiger charge is 2.21. The number of carbonyl (C=O) groups excluding carboxylic acids is 3. The van der Waals surface area contributed by atoms with Gasteiger partial charge in [-0.05, 0) is 128 Å². The lowest BCUT2D eigenvalue weighted by Gasteiger charge is -2.26.